The van der Waals surface area contributed by atoms with E-state index in [1.807, 2.05) is 30.3 Å². The Balaban J connectivity index is 2.04. The summed E-state index contributed by atoms with van der Waals surface area (Å²) >= 11 is 12.2. The molecule has 0 aromatic heterocycles. The largest absolute Gasteiger partial charge is 0.481 e. The second kappa shape index (κ2) is 7.68. The number of carboxylic acids is 1. The maximum atomic E-state index is 12.8. The molecule has 1 saturated heterocycles. The van der Waals surface area contributed by atoms with E-state index in [0.29, 0.717) is 16.5 Å². The highest BCUT2D eigenvalue weighted by molar-refractivity contribution is 6.30. The highest BCUT2D eigenvalue weighted by Gasteiger charge is 2.42. The Morgan fingerprint density at radius 1 is 1.12 bits per heavy atom. The molecular weight excluding hydrogens is 373 g/mol. The SMILES string of the molecule is CN1C(=O)C(CC(=O)O)CC(c2cccc(Cl)c2)C1c1ccc(Cl)cc1. The quantitative estimate of drug-likeness (QED) is 0.816. The molecule has 1 aliphatic heterocycles. The minimum atomic E-state index is -0.966. The predicted molar refractivity (Wildman–Crippen MR) is 102 cm³/mol. The first-order chi connectivity index (χ1) is 12.4. The minimum absolute atomic E-state index is 0.0538. The molecule has 3 unspecified atom stereocenters. The predicted octanol–water partition coefficient (Wildman–Crippen LogP) is 4.77. The highest BCUT2D eigenvalue weighted by Crippen LogP contribution is 2.45. The first-order valence-corrected chi connectivity index (χ1v) is 9.12. The number of carbonyl (C=O) groups is 2. The van der Waals surface area contributed by atoms with Crippen LogP contribution in [0.3, 0.4) is 0 Å². The third kappa shape index (κ3) is 3.87. The van der Waals surface area contributed by atoms with Gasteiger partial charge < -0.3 is 10.0 Å². The zero-order valence-corrected chi connectivity index (χ0v) is 15.7. The van der Waals surface area contributed by atoms with Crippen LogP contribution in [0.5, 0.6) is 0 Å². The molecule has 1 amide bonds. The lowest BCUT2D eigenvalue weighted by molar-refractivity contribution is -0.148. The van der Waals surface area contributed by atoms with Crippen molar-refractivity contribution < 1.29 is 14.7 Å². The molecule has 136 valence electrons. The fourth-order valence-electron chi connectivity index (χ4n) is 3.78. The van der Waals surface area contributed by atoms with Crippen molar-refractivity contribution in [3.8, 4) is 0 Å². The molecule has 0 aliphatic carbocycles. The van der Waals surface area contributed by atoms with Crippen molar-refractivity contribution >= 4 is 35.1 Å². The van der Waals surface area contributed by atoms with Crippen LogP contribution in [0.4, 0.5) is 0 Å². The van der Waals surface area contributed by atoms with Gasteiger partial charge in [-0.25, -0.2) is 0 Å². The first kappa shape index (κ1) is 18.7. The molecule has 1 heterocycles. The van der Waals surface area contributed by atoms with Crippen LogP contribution in [0.1, 0.15) is 35.9 Å². The Kier molecular flexibility index (Phi) is 5.54. The molecule has 1 aliphatic rings. The summed E-state index contributed by atoms with van der Waals surface area (Å²) in [5.41, 5.74) is 1.95. The van der Waals surface area contributed by atoms with Crippen LogP contribution in [0.2, 0.25) is 10.0 Å². The van der Waals surface area contributed by atoms with Crippen LogP contribution in [-0.4, -0.2) is 28.9 Å². The highest BCUT2D eigenvalue weighted by atomic mass is 35.5. The Morgan fingerprint density at radius 2 is 1.81 bits per heavy atom. The van der Waals surface area contributed by atoms with Crippen molar-refractivity contribution in [1.82, 2.24) is 4.90 Å². The van der Waals surface area contributed by atoms with Gasteiger partial charge in [0.2, 0.25) is 5.91 Å². The molecule has 1 N–H and O–H groups in total. The second-order valence-corrected chi connectivity index (χ2v) is 7.51. The van der Waals surface area contributed by atoms with Gasteiger partial charge in [-0.2, -0.15) is 0 Å². The fourth-order valence-corrected chi connectivity index (χ4v) is 4.11. The van der Waals surface area contributed by atoms with Crippen molar-refractivity contribution in [1.29, 1.82) is 0 Å². The number of hydrogen-bond donors (Lipinski definition) is 1. The number of halogens is 2. The van der Waals surface area contributed by atoms with Crippen LogP contribution in [0.25, 0.3) is 0 Å². The smallest absolute Gasteiger partial charge is 0.304 e. The van der Waals surface area contributed by atoms with Gasteiger partial charge in [-0.15, -0.1) is 0 Å². The van der Waals surface area contributed by atoms with E-state index in [1.54, 1.807) is 30.1 Å². The molecule has 2 aromatic rings. The van der Waals surface area contributed by atoms with Crippen molar-refractivity contribution in [2.75, 3.05) is 7.05 Å². The maximum Gasteiger partial charge on any atom is 0.304 e. The number of carbonyl (C=O) groups excluding carboxylic acids is 1. The van der Waals surface area contributed by atoms with E-state index >= 15 is 0 Å². The lowest BCUT2D eigenvalue weighted by Crippen LogP contribution is -2.45. The first-order valence-electron chi connectivity index (χ1n) is 8.36. The van der Waals surface area contributed by atoms with Gasteiger partial charge in [0.25, 0.3) is 0 Å². The van der Waals surface area contributed by atoms with Crippen molar-refractivity contribution in [2.24, 2.45) is 5.92 Å². The molecule has 0 spiro atoms. The zero-order valence-electron chi connectivity index (χ0n) is 14.2. The molecule has 26 heavy (non-hydrogen) atoms. The molecule has 0 radical (unpaired) electrons. The average molecular weight is 392 g/mol. The lowest BCUT2D eigenvalue weighted by Gasteiger charge is -2.43. The van der Waals surface area contributed by atoms with Crippen molar-refractivity contribution in [3.63, 3.8) is 0 Å². The molecule has 2 aromatic carbocycles. The van der Waals surface area contributed by atoms with E-state index in [9.17, 15) is 14.7 Å². The molecule has 0 saturated carbocycles. The number of benzene rings is 2. The number of rotatable bonds is 4. The fraction of sp³-hybridized carbons (Fsp3) is 0.300. The van der Waals surface area contributed by atoms with Gasteiger partial charge >= 0.3 is 5.97 Å². The molecule has 6 heteroatoms. The maximum absolute atomic E-state index is 12.8. The summed E-state index contributed by atoms with van der Waals surface area (Å²) in [4.78, 5) is 25.6. The van der Waals surface area contributed by atoms with Crippen LogP contribution in [0.15, 0.2) is 48.5 Å². The summed E-state index contributed by atoms with van der Waals surface area (Å²) < 4.78 is 0. The Hall–Kier alpha value is -2.04. The summed E-state index contributed by atoms with van der Waals surface area (Å²) in [6, 6.07) is 14.7. The summed E-state index contributed by atoms with van der Waals surface area (Å²) in [6.07, 6.45) is 0.288. The number of carboxylic acid groups (broad SMARTS) is 1. The van der Waals surface area contributed by atoms with E-state index in [1.165, 1.54) is 0 Å². The third-order valence-corrected chi connectivity index (χ3v) is 5.43. The van der Waals surface area contributed by atoms with E-state index in [0.717, 1.165) is 11.1 Å². The number of piperidine rings is 1. The summed E-state index contributed by atoms with van der Waals surface area (Å²) in [5, 5.41) is 10.4. The second-order valence-electron chi connectivity index (χ2n) is 6.64. The number of hydrogen-bond acceptors (Lipinski definition) is 2. The normalized spacial score (nSPS) is 23.1. The molecule has 3 atom stereocenters. The van der Waals surface area contributed by atoms with Crippen LogP contribution >= 0.6 is 23.2 Å². The van der Waals surface area contributed by atoms with E-state index in [4.69, 9.17) is 23.2 Å². The van der Waals surface area contributed by atoms with E-state index in [-0.39, 0.29) is 24.3 Å². The number of likely N-dealkylation sites (N-methyl/N-ethyl adjacent to an activating group) is 1. The standard InChI is InChI=1S/C20H19Cl2NO3/c1-23-19(12-5-7-15(21)8-6-12)17(13-3-2-4-16(22)9-13)10-14(20(23)26)11-18(24)25/h2-9,14,17,19H,10-11H2,1H3,(H,24,25). The van der Waals surface area contributed by atoms with Gasteiger partial charge in [0.1, 0.15) is 0 Å². The Bertz CT molecular complexity index is 822. The summed E-state index contributed by atoms with van der Waals surface area (Å²) in [5.74, 6) is -1.72. The van der Waals surface area contributed by atoms with Gasteiger partial charge in [-0.05, 0) is 41.8 Å². The molecule has 3 rings (SSSR count). The number of amides is 1. The van der Waals surface area contributed by atoms with Crippen LogP contribution in [-0.2, 0) is 9.59 Å². The molecule has 1 fully saturated rings. The van der Waals surface area contributed by atoms with Crippen LogP contribution in [0, 0.1) is 5.92 Å². The lowest BCUT2D eigenvalue weighted by atomic mass is 9.75. The summed E-state index contributed by atoms with van der Waals surface area (Å²) in [7, 11) is 1.73. The van der Waals surface area contributed by atoms with Gasteiger partial charge in [-0.3, -0.25) is 9.59 Å². The van der Waals surface area contributed by atoms with Crippen molar-refractivity contribution in [3.05, 3.63) is 69.7 Å². The van der Waals surface area contributed by atoms with Crippen LogP contribution < -0.4 is 0 Å². The zero-order chi connectivity index (χ0) is 18.8. The number of aliphatic carboxylic acids is 1. The third-order valence-electron chi connectivity index (χ3n) is 4.94. The van der Waals surface area contributed by atoms with Gasteiger partial charge in [0.15, 0.2) is 0 Å². The Labute approximate surface area is 162 Å². The molecule has 4 nitrogen and oxygen atoms in total. The Morgan fingerprint density at radius 3 is 2.42 bits per heavy atom. The molecular formula is C20H19Cl2NO3. The number of nitrogens with zero attached hydrogens (tertiary/aromatic N) is 1. The average Bonchev–Trinajstić information content (AvgIpc) is 2.59. The van der Waals surface area contributed by atoms with E-state index in [2.05, 4.69) is 0 Å². The van der Waals surface area contributed by atoms with Crippen molar-refractivity contribution in [2.45, 2.75) is 24.8 Å². The summed E-state index contributed by atoms with van der Waals surface area (Å²) in [6.45, 7) is 0. The van der Waals surface area contributed by atoms with E-state index < -0.39 is 11.9 Å². The number of likely N-dealkylation sites (tertiary alicyclic amines) is 1. The van der Waals surface area contributed by atoms with Gasteiger partial charge in [0, 0.05) is 28.9 Å². The topological polar surface area (TPSA) is 57.6 Å². The monoisotopic (exact) mass is 391 g/mol. The molecule has 0 bridgehead atoms. The van der Waals surface area contributed by atoms with Gasteiger partial charge in [-0.1, -0.05) is 47.5 Å². The minimum Gasteiger partial charge on any atom is -0.481 e. The van der Waals surface area contributed by atoms with Gasteiger partial charge in [0.05, 0.1) is 12.5 Å².